The Bertz CT molecular complexity index is 657. The first kappa shape index (κ1) is 14.1. The number of rotatable bonds is 2. The van der Waals surface area contributed by atoms with Crippen LogP contribution in [0.5, 0.6) is 0 Å². The fourth-order valence-electron chi connectivity index (χ4n) is 1.68. The number of hydrogen-bond acceptors (Lipinski definition) is 2. The average Bonchev–Trinajstić information content (AvgIpc) is 2.38. The Morgan fingerprint density at radius 3 is 2.37 bits per heavy atom. The molecule has 0 aliphatic carbocycles. The molecule has 0 spiro atoms. The summed E-state index contributed by atoms with van der Waals surface area (Å²) in [6.07, 6.45) is 2.46. The highest BCUT2D eigenvalue weighted by Gasteiger charge is 2.14. The summed E-state index contributed by atoms with van der Waals surface area (Å²) in [5, 5.41) is 9.51. The summed E-state index contributed by atoms with van der Waals surface area (Å²) in [6, 6.07) is 5.04. The molecular weight excluding hydrogens is 310 g/mol. The maximum Gasteiger partial charge on any atom is 0.146 e. The van der Waals surface area contributed by atoms with Gasteiger partial charge in [0, 0.05) is 17.3 Å². The van der Waals surface area contributed by atoms with Gasteiger partial charge in [-0.3, -0.25) is 4.98 Å². The van der Waals surface area contributed by atoms with E-state index in [4.69, 9.17) is 40.1 Å². The second kappa shape index (κ2) is 5.75. The van der Waals surface area contributed by atoms with E-state index in [2.05, 4.69) is 4.98 Å². The third-order valence-corrected chi connectivity index (χ3v) is 3.75. The summed E-state index contributed by atoms with van der Waals surface area (Å²) in [7, 11) is 0. The molecule has 0 aliphatic rings. The number of nitriles is 1. The highest BCUT2D eigenvalue weighted by atomic mass is 35.5. The second-order valence-corrected chi connectivity index (χ2v) is 4.93. The van der Waals surface area contributed by atoms with Crippen LogP contribution in [0.15, 0.2) is 24.5 Å². The minimum atomic E-state index is -0.541. The molecule has 6 heteroatoms. The molecule has 1 aromatic carbocycles. The number of hydrogen-bond donors (Lipinski definition) is 0. The van der Waals surface area contributed by atoms with E-state index in [1.165, 1.54) is 6.20 Å². The molecule has 96 valence electrons. The molecule has 0 fully saturated rings. The highest BCUT2D eigenvalue weighted by molar-refractivity contribution is 6.48. The summed E-state index contributed by atoms with van der Waals surface area (Å²) in [6.45, 7) is 0. The van der Waals surface area contributed by atoms with Crippen LogP contribution in [0, 0.1) is 17.1 Å². The van der Waals surface area contributed by atoms with Gasteiger partial charge in [0.2, 0.25) is 0 Å². The van der Waals surface area contributed by atoms with Crippen LogP contribution in [-0.4, -0.2) is 4.98 Å². The van der Waals surface area contributed by atoms with Crippen LogP contribution in [0.3, 0.4) is 0 Å². The van der Waals surface area contributed by atoms with Gasteiger partial charge in [0.1, 0.15) is 5.82 Å². The zero-order chi connectivity index (χ0) is 14.0. The number of benzene rings is 1. The predicted molar refractivity (Wildman–Crippen MR) is 74.0 cm³/mol. The quantitative estimate of drug-likeness (QED) is 0.738. The van der Waals surface area contributed by atoms with Crippen LogP contribution in [-0.2, 0) is 6.42 Å². The molecule has 0 atom stereocenters. The molecule has 0 bridgehead atoms. The van der Waals surface area contributed by atoms with Crippen molar-refractivity contribution in [3.05, 3.63) is 51.0 Å². The van der Waals surface area contributed by atoms with Crippen molar-refractivity contribution < 1.29 is 4.39 Å². The van der Waals surface area contributed by atoms with Crippen molar-refractivity contribution in [2.45, 2.75) is 6.42 Å². The Hall–Kier alpha value is -1.34. The smallest absolute Gasteiger partial charge is 0.146 e. The summed E-state index contributed by atoms with van der Waals surface area (Å²) in [5.74, 6) is -0.541. The molecule has 1 aromatic heterocycles. The Morgan fingerprint density at radius 2 is 1.79 bits per heavy atom. The second-order valence-electron chi connectivity index (χ2n) is 3.74. The molecule has 0 radical (unpaired) electrons. The predicted octanol–water partition coefficient (Wildman–Crippen LogP) is 4.91. The van der Waals surface area contributed by atoms with Crippen molar-refractivity contribution >= 4 is 34.8 Å². The van der Waals surface area contributed by atoms with Crippen LogP contribution in [0.25, 0.3) is 11.1 Å². The zero-order valence-corrected chi connectivity index (χ0v) is 11.7. The minimum Gasteiger partial charge on any atom is -0.261 e. The largest absolute Gasteiger partial charge is 0.261 e. The van der Waals surface area contributed by atoms with E-state index >= 15 is 0 Å². The molecule has 0 N–H and O–H groups in total. The lowest BCUT2D eigenvalue weighted by molar-refractivity contribution is 0.609. The molecule has 19 heavy (non-hydrogen) atoms. The lowest BCUT2D eigenvalue weighted by Crippen LogP contribution is -1.95. The lowest BCUT2D eigenvalue weighted by Gasteiger charge is -2.09. The first-order valence-corrected chi connectivity index (χ1v) is 6.32. The van der Waals surface area contributed by atoms with Gasteiger partial charge in [-0.05, 0) is 17.7 Å². The topological polar surface area (TPSA) is 36.7 Å². The van der Waals surface area contributed by atoms with Crippen LogP contribution in [0.2, 0.25) is 15.1 Å². The van der Waals surface area contributed by atoms with E-state index in [9.17, 15) is 4.39 Å². The monoisotopic (exact) mass is 314 g/mol. The molecule has 2 rings (SSSR count). The number of nitrogens with zero attached hydrogens (tertiary/aromatic N) is 2. The molecule has 1 heterocycles. The molecule has 2 aromatic rings. The van der Waals surface area contributed by atoms with E-state index in [1.807, 2.05) is 6.07 Å². The lowest BCUT2D eigenvalue weighted by atomic mass is 10.00. The number of pyridine rings is 1. The van der Waals surface area contributed by atoms with Crippen LogP contribution in [0.1, 0.15) is 5.56 Å². The van der Waals surface area contributed by atoms with Crippen LogP contribution >= 0.6 is 34.8 Å². The van der Waals surface area contributed by atoms with Gasteiger partial charge in [0.15, 0.2) is 0 Å². The van der Waals surface area contributed by atoms with Crippen LogP contribution < -0.4 is 0 Å². The Kier molecular flexibility index (Phi) is 4.26. The molecule has 0 unspecified atom stereocenters. The SMILES string of the molecule is N#CCc1c(F)cncc1-c1cc(Cl)c(Cl)c(Cl)c1. The van der Waals surface area contributed by atoms with E-state index in [0.29, 0.717) is 11.1 Å². The standard InChI is InChI=1S/C13H6Cl3FN2/c14-10-3-7(4-11(15)13(10)16)9-5-19-6-12(17)8(9)1-2-18/h3-6H,1H2. The van der Waals surface area contributed by atoms with Gasteiger partial charge in [0.25, 0.3) is 0 Å². The third-order valence-electron chi connectivity index (χ3n) is 2.56. The van der Waals surface area contributed by atoms with Crippen molar-refractivity contribution in [1.29, 1.82) is 5.26 Å². The van der Waals surface area contributed by atoms with E-state index in [0.717, 1.165) is 6.20 Å². The van der Waals surface area contributed by atoms with E-state index < -0.39 is 5.82 Å². The van der Waals surface area contributed by atoms with Crippen molar-refractivity contribution in [1.82, 2.24) is 4.98 Å². The average molecular weight is 316 g/mol. The normalized spacial score (nSPS) is 10.3. The summed E-state index contributed by atoms with van der Waals surface area (Å²) in [4.78, 5) is 3.78. The number of aromatic nitrogens is 1. The van der Waals surface area contributed by atoms with Crippen LogP contribution in [0.4, 0.5) is 4.39 Å². The molecule has 0 aliphatic heterocycles. The van der Waals surface area contributed by atoms with Gasteiger partial charge in [-0.15, -0.1) is 0 Å². The first-order chi connectivity index (χ1) is 9.04. The number of halogens is 4. The fourth-order valence-corrected chi connectivity index (χ4v) is 2.28. The van der Waals surface area contributed by atoms with Gasteiger partial charge >= 0.3 is 0 Å². The first-order valence-electron chi connectivity index (χ1n) is 5.19. The molecule has 2 nitrogen and oxygen atoms in total. The third kappa shape index (κ3) is 2.82. The van der Waals surface area contributed by atoms with Crippen molar-refractivity contribution in [3.8, 4) is 17.2 Å². The molecular formula is C13H6Cl3FN2. The fraction of sp³-hybridized carbons (Fsp3) is 0.0769. The van der Waals surface area contributed by atoms with Gasteiger partial charge in [-0.2, -0.15) is 5.26 Å². The van der Waals surface area contributed by atoms with Gasteiger partial charge in [-0.25, -0.2) is 4.39 Å². The van der Waals surface area contributed by atoms with E-state index in [-0.39, 0.29) is 27.1 Å². The Labute approximate surface area is 124 Å². The van der Waals surface area contributed by atoms with Gasteiger partial charge in [0.05, 0.1) is 33.8 Å². The summed E-state index contributed by atoms with van der Waals surface area (Å²) >= 11 is 17.7. The molecule has 0 saturated carbocycles. The Balaban J connectivity index is 2.66. The van der Waals surface area contributed by atoms with E-state index in [1.54, 1.807) is 12.1 Å². The van der Waals surface area contributed by atoms with Crippen molar-refractivity contribution in [2.24, 2.45) is 0 Å². The molecule has 0 saturated heterocycles. The zero-order valence-electron chi connectivity index (χ0n) is 9.42. The maximum atomic E-state index is 13.7. The van der Waals surface area contributed by atoms with Crippen molar-refractivity contribution in [2.75, 3.05) is 0 Å². The van der Waals surface area contributed by atoms with Gasteiger partial charge < -0.3 is 0 Å². The molecule has 0 amide bonds. The minimum absolute atomic E-state index is 0.0679. The van der Waals surface area contributed by atoms with Crippen molar-refractivity contribution in [3.63, 3.8) is 0 Å². The Morgan fingerprint density at radius 1 is 1.16 bits per heavy atom. The highest BCUT2D eigenvalue weighted by Crippen LogP contribution is 2.36. The summed E-state index contributed by atoms with van der Waals surface area (Å²) < 4.78 is 13.7. The van der Waals surface area contributed by atoms with Gasteiger partial charge in [-0.1, -0.05) is 34.8 Å². The summed E-state index contributed by atoms with van der Waals surface area (Å²) in [5.41, 5.74) is 1.30. The maximum absolute atomic E-state index is 13.7.